The zero-order chi connectivity index (χ0) is 9.40. The topological polar surface area (TPSA) is 55.4 Å². The minimum absolute atomic E-state index is 0. The zero-order valence-corrected chi connectivity index (χ0v) is 7.55. The molecule has 78 valence electrons. The Bertz CT molecular complexity index is 157. The summed E-state index contributed by atoms with van der Waals surface area (Å²) in [5.41, 5.74) is 0. The Morgan fingerprint density at radius 3 is 2.46 bits per heavy atom. The maximum atomic E-state index is 10.9. The van der Waals surface area contributed by atoms with Crippen LogP contribution in [-0.4, -0.2) is 25.5 Å². The summed E-state index contributed by atoms with van der Waals surface area (Å²) in [6.07, 6.45) is 2.31. The van der Waals surface area contributed by atoms with E-state index in [0.29, 0.717) is 6.42 Å². The van der Waals surface area contributed by atoms with Crippen LogP contribution in [0.5, 0.6) is 0 Å². The van der Waals surface area contributed by atoms with Gasteiger partial charge in [0.2, 0.25) is 5.91 Å². The van der Waals surface area contributed by atoms with E-state index in [9.17, 15) is 9.59 Å². The number of carbonyl (C=O) groups excluding carboxylic acids is 2. The molecular weight excluding hydrogens is 170 g/mol. The Morgan fingerprint density at radius 2 is 2.00 bits per heavy atom. The summed E-state index contributed by atoms with van der Waals surface area (Å²) in [7, 11) is 1.29. The van der Waals surface area contributed by atoms with Crippen molar-refractivity contribution >= 4 is 11.9 Å². The predicted molar refractivity (Wildman–Crippen MR) is 51.3 cm³/mol. The van der Waals surface area contributed by atoms with E-state index < -0.39 is 5.97 Å². The fourth-order valence-electron chi connectivity index (χ4n) is 0.669. The van der Waals surface area contributed by atoms with E-state index in [-0.39, 0.29) is 19.9 Å². The van der Waals surface area contributed by atoms with Gasteiger partial charge in [0, 0.05) is 6.42 Å². The highest BCUT2D eigenvalue weighted by molar-refractivity contribution is 5.81. The SMILES string of the molecule is C.CCCCC(=O)NCC(=O)OC. The van der Waals surface area contributed by atoms with Crippen molar-refractivity contribution in [3.63, 3.8) is 0 Å². The van der Waals surface area contributed by atoms with E-state index in [1.807, 2.05) is 6.92 Å². The van der Waals surface area contributed by atoms with Gasteiger partial charge in [-0.25, -0.2) is 0 Å². The number of nitrogens with one attached hydrogen (secondary N) is 1. The Hall–Kier alpha value is -1.06. The van der Waals surface area contributed by atoms with Crippen LogP contribution >= 0.6 is 0 Å². The van der Waals surface area contributed by atoms with Crippen LogP contribution in [0.1, 0.15) is 33.6 Å². The molecule has 0 spiro atoms. The van der Waals surface area contributed by atoms with Crippen LogP contribution in [0, 0.1) is 0 Å². The number of methoxy groups -OCH3 is 1. The fraction of sp³-hybridized carbons (Fsp3) is 0.778. The van der Waals surface area contributed by atoms with Crippen molar-refractivity contribution in [3.05, 3.63) is 0 Å². The first-order chi connectivity index (χ1) is 5.70. The molecule has 1 N–H and O–H groups in total. The average molecular weight is 189 g/mol. The maximum Gasteiger partial charge on any atom is 0.325 e. The molecule has 0 rings (SSSR count). The first-order valence-electron chi connectivity index (χ1n) is 4.04. The molecule has 4 heteroatoms. The summed E-state index contributed by atoms with van der Waals surface area (Å²) in [5, 5.41) is 2.45. The molecule has 0 heterocycles. The van der Waals surface area contributed by atoms with Gasteiger partial charge < -0.3 is 10.1 Å². The summed E-state index contributed by atoms with van der Waals surface area (Å²) >= 11 is 0. The number of esters is 1. The number of unbranched alkanes of at least 4 members (excludes halogenated alkanes) is 1. The van der Waals surface area contributed by atoms with Crippen molar-refractivity contribution in [2.24, 2.45) is 0 Å². The number of ether oxygens (including phenoxy) is 1. The van der Waals surface area contributed by atoms with Gasteiger partial charge in [0.25, 0.3) is 0 Å². The van der Waals surface area contributed by atoms with Gasteiger partial charge in [-0.2, -0.15) is 0 Å². The van der Waals surface area contributed by atoms with Crippen molar-refractivity contribution in [2.45, 2.75) is 33.6 Å². The smallest absolute Gasteiger partial charge is 0.325 e. The highest BCUT2D eigenvalue weighted by atomic mass is 16.5. The molecule has 0 aromatic rings. The van der Waals surface area contributed by atoms with E-state index in [1.165, 1.54) is 7.11 Å². The normalized spacial score (nSPS) is 8.46. The molecule has 0 saturated heterocycles. The maximum absolute atomic E-state index is 10.9. The van der Waals surface area contributed by atoms with Gasteiger partial charge in [0.1, 0.15) is 6.54 Å². The van der Waals surface area contributed by atoms with E-state index in [4.69, 9.17) is 0 Å². The van der Waals surface area contributed by atoms with Crippen molar-refractivity contribution in [3.8, 4) is 0 Å². The molecule has 0 aliphatic carbocycles. The molecular formula is C9H19NO3. The third-order valence-corrected chi connectivity index (χ3v) is 1.41. The molecule has 13 heavy (non-hydrogen) atoms. The first kappa shape index (κ1) is 14.5. The Morgan fingerprint density at radius 1 is 1.38 bits per heavy atom. The van der Waals surface area contributed by atoms with Gasteiger partial charge in [-0.15, -0.1) is 0 Å². The Balaban J connectivity index is 0. The van der Waals surface area contributed by atoms with Crippen molar-refractivity contribution in [1.82, 2.24) is 5.32 Å². The van der Waals surface area contributed by atoms with E-state index in [0.717, 1.165) is 12.8 Å². The number of hydrogen-bond acceptors (Lipinski definition) is 3. The molecule has 0 atom stereocenters. The Labute approximate surface area is 79.7 Å². The molecule has 0 saturated carbocycles. The molecule has 0 aliphatic rings. The number of hydrogen-bond donors (Lipinski definition) is 1. The third-order valence-electron chi connectivity index (χ3n) is 1.41. The first-order valence-corrected chi connectivity index (χ1v) is 4.04. The highest BCUT2D eigenvalue weighted by Gasteiger charge is 2.03. The summed E-state index contributed by atoms with van der Waals surface area (Å²) in [4.78, 5) is 21.5. The molecule has 0 aromatic heterocycles. The summed E-state index contributed by atoms with van der Waals surface area (Å²) in [6.45, 7) is 1.98. The summed E-state index contributed by atoms with van der Waals surface area (Å²) in [6, 6.07) is 0. The van der Waals surface area contributed by atoms with Crippen molar-refractivity contribution < 1.29 is 14.3 Å². The van der Waals surface area contributed by atoms with Crippen LogP contribution in [-0.2, 0) is 14.3 Å². The lowest BCUT2D eigenvalue weighted by molar-refractivity contribution is -0.141. The number of rotatable bonds is 5. The second-order valence-corrected chi connectivity index (χ2v) is 2.46. The van der Waals surface area contributed by atoms with Crippen molar-refractivity contribution in [1.29, 1.82) is 0 Å². The Kier molecular flexibility index (Phi) is 10.0. The lowest BCUT2D eigenvalue weighted by Gasteiger charge is -2.01. The second-order valence-electron chi connectivity index (χ2n) is 2.46. The van der Waals surface area contributed by atoms with Crippen LogP contribution in [0.4, 0.5) is 0 Å². The monoisotopic (exact) mass is 189 g/mol. The molecule has 0 aromatic carbocycles. The van der Waals surface area contributed by atoms with Gasteiger partial charge >= 0.3 is 5.97 Å². The molecule has 0 aliphatic heterocycles. The quantitative estimate of drug-likeness (QED) is 0.659. The lowest BCUT2D eigenvalue weighted by atomic mass is 10.2. The van der Waals surface area contributed by atoms with Crippen molar-refractivity contribution in [2.75, 3.05) is 13.7 Å². The summed E-state index contributed by atoms with van der Waals surface area (Å²) in [5.74, 6) is -0.512. The van der Waals surface area contributed by atoms with Crippen LogP contribution in [0.15, 0.2) is 0 Å². The number of amides is 1. The van der Waals surface area contributed by atoms with Crippen LogP contribution < -0.4 is 5.32 Å². The minimum Gasteiger partial charge on any atom is -0.468 e. The number of carbonyl (C=O) groups is 2. The predicted octanol–water partition coefficient (Wildman–Crippen LogP) is 1.10. The average Bonchev–Trinajstić information content (AvgIpc) is 2.10. The van der Waals surface area contributed by atoms with Gasteiger partial charge in [0.15, 0.2) is 0 Å². The largest absolute Gasteiger partial charge is 0.468 e. The van der Waals surface area contributed by atoms with Gasteiger partial charge in [-0.1, -0.05) is 20.8 Å². The van der Waals surface area contributed by atoms with E-state index >= 15 is 0 Å². The van der Waals surface area contributed by atoms with Gasteiger partial charge in [0.05, 0.1) is 7.11 Å². The molecule has 1 amide bonds. The second kappa shape index (κ2) is 9.03. The standard InChI is InChI=1S/C8H15NO3.CH4/c1-3-4-5-7(10)9-6-8(11)12-2;/h3-6H2,1-2H3,(H,9,10);1H4. The van der Waals surface area contributed by atoms with E-state index in [1.54, 1.807) is 0 Å². The zero-order valence-electron chi connectivity index (χ0n) is 7.55. The van der Waals surface area contributed by atoms with Crippen LogP contribution in [0.3, 0.4) is 0 Å². The van der Waals surface area contributed by atoms with Gasteiger partial charge in [-0.05, 0) is 6.42 Å². The molecule has 4 nitrogen and oxygen atoms in total. The third kappa shape index (κ3) is 8.85. The molecule has 0 fully saturated rings. The van der Waals surface area contributed by atoms with E-state index in [2.05, 4.69) is 10.1 Å². The molecule has 0 bridgehead atoms. The lowest BCUT2D eigenvalue weighted by Crippen LogP contribution is -2.29. The minimum atomic E-state index is -0.417. The molecule has 0 radical (unpaired) electrons. The molecule has 0 unspecified atom stereocenters. The fourth-order valence-corrected chi connectivity index (χ4v) is 0.669. The van der Waals surface area contributed by atoms with Gasteiger partial charge in [-0.3, -0.25) is 9.59 Å². The highest BCUT2D eigenvalue weighted by Crippen LogP contribution is 1.92. The van der Waals surface area contributed by atoms with Crippen LogP contribution in [0.25, 0.3) is 0 Å². The van der Waals surface area contributed by atoms with Crippen LogP contribution in [0.2, 0.25) is 0 Å². The summed E-state index contributed by atoms with van der Waals surface area (Å²) < 4.78 is 4.35.